The van der Waals surface area contributed by atoms with E-state index in [-0.39, 0.29) is 17.1 Å². The Morgan fingerprint density at radius 2 is 2.05 bits per heavy atom. The highest BCUT2D eigenvalue weighted by atomic mass is 16.7. The maximum atomic E-state index is 12.7. The van der Waals surface area contributed by atoms with Crippen molar-refractivity contribution in [2.24, 2.45) is 17.3 Å². The molecule has 0 heterocycles. The number of methoxy groups -OCH3 is 2. The van der Waals surface area contributed by atoms with Gasteiger partial charge in [0.25, 0.3) is 0 Å². The van der Waals surface area contributed by atoms with E-state index in [1.165, 1.54) is 14.2 Å². The fraction of sp³-hybridized carbons (Fsp3) is 0.600. The molecule has 3 aliphatic carbocycles. The summed E-state index contributed by atoms with van der Waals surface area (Å²) in [6.07, 6.45) is 3.19. The lowest BCUT2D eigenvalue weighted by molar-refractivity contribution is -0.245. The summed E-state index contributed by atoms with van der Waals surface area (Å²) in [5.74, 6) is -2.25. The fourth-order valence-electron chi connectivity index (χ4n) is 3.40. The SMILES string of the molecule is C=C(C)C1(C)CC2C(C=O)=CC1C(=O)C2(OC)OC. The Morgan fingerprint density at radius 1 is 1.47 bits per heavy atom. The number of aldehydes is 1. The summed E-state index contributed by atoms with van der Waals surface area (Å²) in [5, 5.41) is 0. The Bertz CT molecular complexity index is 473. The molecular weight excluding hydrogens is 244 g/mol. The second-order valence-electron chi connectivity index (χ2n) is 5.66. The van der Waals surface area contributed by atoms with Crippen LogP contribution in [0.3, 0.4) is 0 Å². The molecule has 2 bridgehead atoms. The minimum Gasteiger partial charge on any atom is -0.346 e. The third-order valence-corrected chi connectivity index (χ3v) is 4.88. The van der Waals surface area contributed by atoms with Gasteiger partial charge in [-0.25, -0.2) is 0 Å². The van der Waals surface area contributed by atoms with Gasteiger partial charge in [-0.15, -0.1) is 0 Å². The molecule has 0 amide bonds. The Kier molecular flexibility index (Phi) is 3.27. The van der Waals surface area contributed by atoms with E-state index in [2.05, 4.69) is 6.58 Å². The van der Waals surface area contributed by atoms with E-state index < -0.39 is 11.7 Å². The first-order chi connectivity index (χ1) is 8.87. The van der Waals surface area contributed by atoms with Crippen LogP contribution in [-0.4, -0.2) is 32.1 Å². The largest absolute Gasteiger partial charge is 0.346 e. The van der Waals surface area contributed by atoms with Crippen molar-refractivity contribution in [1.29, 1.82) is 0 Å². The zero-order valence-electron chi connectivity index (χ0n) is 11.9. The van der Waals surface area contributed by atoms with E-state index in [1.807, 2.05) is 13.8 Å². The van der Waals surface area contributed by atoms with Crippen LogP contribution in [-0.2, 0) is 19.1 Å². The van der Waals surface area contributed by atoms with Crippen molar-refractivity contribution in [2.75, 3.05) is 14.2 Å². The molecule has 19 heavy (non-hydrogen) atoms. The van der Waals surface area contributed by atoms with E-state index >= 15 is 0 Å². The zero-order valence-corrected chi connectivity index (χ0v) is 11.9. The summed E-state index contributed by atoms with van der Waals surface area (Å²) in [6, 6.07) is 0. The summed E-state index contributed by atoms with van der Waals surface area (Å²) in [4.78, 5) is 23.9. The van der Waals surface area contributed by atoms with Crippen molar-refractivity contribution in [2.45, 2.75) is 26.1 Å². The average Bonchev–Trinajstić information content (AvgIpc) is 2.40. The average molecular weight is 264 g/mol. The number of Topliss-reactive ketones (excluding diaryl/α,β-unsaturated/α-hetero) is 1. The van der Waals surface area contributed by atoms with Crippen molar-refractivity contribution in [1.82, 2.24) is 0 Å². The van der Waals surface area contributed by atoms with Gasteiger partial charge >= 0.3 is 0 Å². The number of hydrogen-bond acceptors (Lipinski definition) is 4. The van der Waals surface area contributed by atoms with Crippen molar-refractivity contribution >= 4 is 12.1 Å². The van der Waals surface area contributed by atoms with E-state index in [0.29, 0.717) is 12.0 Å². The van der Waals surface area contributed by atoms with Gasteiger partial charge in [0, 0.05) is 25.6 Å². The van der Waals surface area contributed by atoms with Gasteiger partial charge in [0.15, 0.2) is 5.78 Å². The predicted molar refractivity (Wildman–Crippen MR) is 70.4 cm³/mol. The number of allylic oxidation sites excluding steroid dienone is 2. The van der Waals surface area contributed by atoms with Gasteiger partial charge in [0.1, 0.15) is 6.29 Å². The molecule has 0 spiro atoms. The van der Waals surface area contributed by atoms with Gasteiger partial charge in [0.2, 0.25) is 5.79 Å². The zero-order chi connectivity index (χ0) is 14.4. The van der Waals surface area contributed by atoms with Crippen molar-refractivity contribution in [3.8, 4) is 0 Å². The molecule has 0 saturated heterocycles. The Labute approximate surface area is 113 Å². The van der Waals surface area contributed by atoms with Crippen LogP contribution in [0.1, 0.15) is 20.3 Å². The number of ketones is 1. The Hall–Kier alpha value is -1.26. The van der Waals surface area contributed by atoms with Crippen LogP contribution in [0.5, 0.6) is 0 Å². The molecule has 0 aromatic carbocycles. The fourth-order valence-corrected chi connectivity index (χ4v) is 3.40. The summed E-state index contributed by atoms with van der Waals surface area (Å²) < 4.78 is 10.8. The molecule has 0 aromatic rings. The summed E-state index contributed by atoms with van der Waals surface area (Å²) in [7, 11) is 2.89. The minimum atomic E-state index is -1.33. The number of hydrogen-bond donors (Lipinski definition) is 0. The molecule has 3 rings (SSSR count). The molecule has 0 aromatic heterocycles. The summed E-state index contributed by atoms with van der Waals surface area (Å²) in [6.45, 7) is 7.94. The van der Waals surface area contributed by atoms with E-state index in [0.717, 1.165) is 11.9 Å². The maximum Gasteiger partial charge on any atom is 0.236 e. The van der Waals surface area contributed by atoms with Crippen LogP contribution in [0.2, 0.25) is 0 Å². The van der Waals surface area contributed by atoms with E-state index in [9.17, 15) is 9.59 Å². The first kappa shape index (κ1) is 14.2. The molecule has 3 atom stereocenters. The molecule has 1 saturated carbocycles. The number of carbonyl (C=O) groups is 2. The topological polar surface area (TPSA) is 52.6 Å². The molecule has 3 unspecified atom stereocenters. The van der Waals surface area contributed by atoms with Crippen LogP contribution in [0, 0.1) is 17.3 Å². The highest BCUT2D eigenvalue weighted by Crippen LogP contribution is 2.57. The smallest absolute Gasteiger partial charge is 0.236 e. The normalized spacial score (nSPS) is 36.0. The first-order valence-electron chi connectivity index (χ1n) is 6.35. The maximum absolute atomic E-state index is 12.7. The standard InChI is InChI=1S/C15H20O4/c1-9(2)14(3)7-12-10(8-16)6-11(14)13(17)15(12,18-4)19-5/h6,8,11-12H,1,7H2,2-5H3. The first-order valence-corrected chi connectivity index (χ1v) is 6.35. The highest BCUT2D eigenvalue weighted by Gasteiger charge is 2.63. The van der Waals surface area contributed by atoms with E-state index in [4.69, 9.17) is 9.47 Å². The number of rotatable bonds is 4. The third-order valence-electron chi connectivity index (χ3n) is 4.88. The van der Waals surface area contributed by atoms with Crippen LogP contribution in [0.25, 0.3) is 0 Å². The predicted octanol–water partition coefficient (Wildman–Crippen LogP) is 1.90. The molecule has 4 nitrogen and oxygen atoms in total. The molecule has 1 fully saturated rings. The van der Waals surface area contributed by atoms with Crippen molar-refractivity contribution < 1.29 is 19.1 Å². The molecule has 0 radical (unpaired) electrons. The van der Waals surface area contributed by atoms with E-state index in [1.54, 1.807) is 6.08 Å². The molecule has 104 valence electrons. The second-order valence-corrected chi connectivity index (χ2v) is 5.66. The van der Waals surface area contributed by atoms with Gasteiger partial charge in [-0.2, -0.15) is 0 Å². The van der Waals surface area contributed by atoms with Gasteiger partial charge in [-0.3, -0.25) is 9.59 Å². The van der Waals surface area contributed by atoms with Gasteiger partial charge in [-0.05, 0) is 18.9 Å². The number of ether oxygens (including phenoxy) is 2. The van der Waals surface area contributed by atoms with Crippen LogP contribution in [0.15, 0.2) is 23.8 Å². The van der Waals surface area contributed by atoms with Crippen molar-refractivity contribution in [3.05, 3.63) is 23.8 Å². The monoisotopic (exact) mass is 264 g/mol. The second kappa shape index (κ2) is 4.39. The molecular formula is C15H20O4. The lowest BCUT2D eigenvalue weighted by Gasteiger charge is -2.54. The summed E-state index contributed by atoms with van der Waals surface area (Å²) in [5.41, 5.74) is 1.19. The number of carbonyl (C=O) groups excluding carboxylic acids is 2. The van der Waals surface area contributed by atoms with Crippen LogP contribution in [0.4, 0.5) is 0 Å². The summed E-state index contributed by atoms with van der Waals surface area (Å²) >= 11 is 0. The van der Waals surface area contributed by atoms with Crippen molar-refractivity contribution in [3.63, 3.8) is 0 Å². The lowest BCUT2D eigenvalue weighted by Crippen LogP contribution is -2.63. The molecule has 0 N–H and O–H groups in total. The van der Waals surface area contributed by atoms with Gasteiger partial charge in [-0.1, -0.05) is 25.2 Å². The molecule has 0 aliphatic heterocycles. The minimum absolute atomic E-state index is 0.121. The molecule has 4 heteroatoms. The Balaban J connectivity index is 2.60. The number of fused-ring (bicyclic) bond motifs is 2. The van der Waals surface area contributed by atoms with Crippen LogP contribution >= 0.6 is 0 Å². The highest BCUT2D eigenvalue weighted by molar-refractivity contribution is 5.97. The van der Waals surface area contributed by atoms with Gasteiger partial charge in [0.05, 0.1) is 5.92 Å². The van der Waals surface area contributed by atoms with Crippen LogP contribution < -0.4 is 0 Å². The lowest BCUT2D eigenvalue weighted by atomic mass is 9.53. The quantitative estimate of drug-likeness (QED) is 0.442. The van der Waals surface area contributed by atoms with Gasteiger partial charge < -0.3 is 9.47 Å². The molecule has 3 aliphatic rings. The third kappa shape index (κ3) is 1.60. The Morgan fingerprint density at radius 3 is 2.47 bits per heavy atom.